The van der Waals surface area contributed by atoms with Gasteiger partial charge in [0, 0.05) is 11.8 Å². The van der Waals surface area contributed by atoms with Crippen LogP contribution >= 0.6 is 11.3 Å². The lowest BCUT2D eigenvalue weighted by atomic mass is 10.3. The molecule has 8 heteroatoms. The Bertz CT molecular complexity index is 547. The van der Waals surface area contributed by atoms with E-state index in [4.69, 9.17) is 0 Å². The number of hydrogen-bond donors (Lipinski definition) is 1. The molecular formula is C9H8N4O3S. The fourth-order valence-corrected chi connectivity index (χ4v) is 1.65. The predicted octanol–water partition coefficient (Wildman–Crippen LogP) is 0.442. The van der Waals surface area contributed by atoms with Crippen molar-refractivity contribution in [3.05, 3.63) is 39.0 Å². The number of carbonyl (C=O) groups excluding carboxylic acids is 1. The highest BCUT2D eigenvalue weighted by molar-refractivity contribution is 7.11. The standard InChI is InChI=1S/C9H8N4O3S/c1-6-8(12-16-13(6)15)9(14)11-10-5-7-3-2-4-17-7/h2-5H,1H3,(H,11,14)/b10-5+. The second-order valence-corrected chi connectivity index (χ2v) is 4.06. The highest BCUT2D eigenvalue weighted by Gasteiger charge is 2.22. The van der Waals surface area contributed by atoms with E-state index in [2.05, 4.69) is 20.3 Å². The second-order valence-electron chi connectivity index (χ2n) is 3.08. The molecule has 0 spiro atoms. The van der Waals surface area contributed by atoms with Crippen molar-refractivity contribution in [1.82, 2.24) is 10.6 Å². The topological polar surface area (TPSA) is 94.4 Å². The van der Waals surface area contributed by atoms with Crippen LogP contribution in [0.3, 0.4) is 0 Å². The monoisotopic (exact) mass is 252 g/mol. The van der Waals surface area contributed by atoms with Gasteiger partial charge in [-0.1, -0.05) is 6.07 Å². The van der Waals surface area contributed by atoms with E-state index in [-0.39, 0.29) is 16.3 Å². The maximum Gasteiger partial charge on any atom is 0.322 e. The van der Waals surface area contributed by atoms with Crippen LogP contribution in [0.4, 0.5) is 0 Å². The third-order valence-electron chi connectivity index (χ3n) is 1.94. The first-order valence-electron chi connectivity index (χ1n) is 4.61. The third-order valence-corrected chi connectivity index (χ3v) is 2.75. The molecule has 0 saturated carbocycles. The zero-order valence-electron chi connectivity index (χ0n) is 8.78. The fourth-order valence-electron chi connectivity index (χ4n) is 1.07. The molecule has 0 aromatic carbocycles. The third kappa shape index (κ3) is 2.48. The lowest BCUT2D eigenvalue weighted by Gasteiger charge is -1.91. The van der Waals surface area contributed by atoms with Crippen LogP contribution in [-0.2, 0) is 0 Å². The number of hydrazone groups is 1. The predicted molar refractivity (Wildman–Crippen MR) is 59.6 cm³/mol. The highest BCUT2D eigenvalue weighted by atomic mass is 32.1. The first-order valence-corrected chi connectivity index (χ1v) is 5.49. The lowest BCUT2D eigenvalue weighted by molar-refractivity contribution is -0.806. The molecule has 0 aliphatic heterocycles. The molecule has 0 unspecified atom stereocenters. The van der Waals surface area contributed by atoms with Crippen LogP contribution in [0.5, 0.6) is 0 Å². The first-order chi connectivity index (χ1) is 8.18. The average Bonchev–Trinajstić information content (AvgIpc) is 2.91. The first kappa shape index (κ1) is 11.3. The van der Waals surface area contributed by atoms with Crippen molar-refractivity contribution in [2.75, 3.05) is 0 Å². The fraction of sp³-hybridized carbons (Fsp3) is 0.111. The Morgan fingerprint density at radius 2 is 2.59 bits per heavy atom. The normalized spacial score (nSPS) is 10.9. The Kier molecular flexibility index (Phi) is 3.15. The Balaban J connectivity index is 2.01. The molecule has 17 heavy (non-hydrogen) atoms. The van der Waals surface area contributed by atoms with E-state index in [0.29, 0.717) is 0 Å². The number of amides is 1. The summed E-state index contributed by atoms with van der Waals surface area (Å²) in [5, 5.41) is 19.8. The maximum atomic E-state index is 11.5. The SMILES string of the molecule is Cc1c(C(=O)N/N=C/c2cccs2)no[n+]1[O-]. The summed E-state index contributed by atoms with van der Waals surface area (Å²) in [6.07, 6.45) is 1.50. The van der Waals surface area contributed by atoms with E-state index < -0.39 is 5.91 Å². The summed E-state index contributed by atoms with van der Waals surface area (Å²) in [5.74, 6) is -0.589. The molecule has 2 aromatic heterocycles. The molecular weight excluding hydrogens is 244 g/mol. The van der Waals surface area contributed by atoms with Gasteiger partial charge >= 0.3 is 11.6 Å². The van der Waals surface area contributed by atoms with Gasteiger partial charge in [-0.15, -0.1) is 11.3 Å². The molecule has 1 amide bonds. The summed E-state index contributed by atoms with van der Waals surface area (Å²) in [5.41, 5.74) is 2.27. The van der Waals surface area contributed by atoms with Gasteiger partial charge in [0.1, 0.15) is 0 Å². The summed E-state index contributed by atoms with van der Waals surface area (Å²) < 4.78 is 4.27. The summed E-state index contributed by atoms with van der Waals surface area (Å²) in [6.45, 7) is 1.43. The van der Waals surface area contributed by atoms with Crippen LogP contribution in [0.1, 0.15) is 21.1 Å². The van der Waals surface area contributed by atoms with Crippen LogP contribution in [0.2, 0.25) is 0 Å². The number of carbonyl (C=O) groups is 1. The van der Waals surface area contributed by atoms with Gasteiger partial charge in [-0.3, -0.25) is 9.42 Å². The van der Waals surface area contributed by atoms with Gasteiger partial charge in [-0.25, -0.2) is 5.43 Å². The van der Waals surface area contributed by atoms with Crippen molar-refractivity contribution in [3.63, 3.8) is 0 Å². The average molecular weight is 252 g/mol. The van der Waals surface area contributed by atoms with Gasteiger partial charge < -0.3 is 5.21 Å². The zero-order valence-corrected chi connectivity index (χ0v) is 9.60. The van der Waals surface area contributed by atoms with Crippen LogP contribution in [0, 0.1) is 12.1 Å². The van der Waals surface area contributed by atoms with E-state index >= 15 is 0 Å². The van der Waals surface area contributed by atoms with Gasteiger partial charge in [0.15, 0.2) is 0 Å². The number of aromatic nitrogens is 2. The molecule has 0 aliphatic carbocycles. The molecule has 0 bridgehead atoms. The van der Waals surface area contributed by atoms with Crippen molar-refractivity contribution in [2.24, 2.45) is 5.10 Å². The van der Waals surface area contributed by atoms with Crippen molar-refractivity contribution in [1.29, 1.82) is 0 Å². The summed E-state index contributed by atoms with van der Waals surface area (Å²) in [6, 6.07) is 3.73. The van der Waals surface area contributed by atoms with E-state index in [0.717, 1.165) is 4.88 Å². The van der Waals surface area contributed by atoms with E-state index in [1.54, 1.807) is 0 Å². The quantitative estimate of drug-likeness (QED) is 0.487. The molecule has 88 valence electrons. The van der Waals surface area contributed by atoms with Crippen molar-refractivity contribution < 1.29 is 14.3 Å². The number of hydrogen-bond acceptors (Lipinski definition) is 6. The molecule has 0 fully saturated rings. The number of thiophene rings is 1. The highest BCUT2D eigenvalue weighted by Crippen LogP contribution is 2.04. The van der Waals surface area contributed by atoms with Crippen LogP contribution in [-0.4, -0.2) is 17.3 Å². The number of rotatable bonds is 3. The van der Waals surface area contributed by atoms with Crippen molar-refractivity contribution >= 4 is 23.5 Å². The Morgan fingerprint density at radius 1 is 1.76 bits per heavy atom. The number of nitrogens with zero attached hydrogens (tertiary/aromatic N) is 3. The van der Waals surface area contributed by atoms with E-state index in [1.807, 2.05) is 17.5 Å². The van der Waals surface area contributed by atoms with Gasteiger partial charge in [-0.05, 0) is 16.3 Å². The van der Waals surface area contributed by atoms with Gasteiger partial charge in [-0.2, -0.15) is 5.10 Å². The van der Waals surface area contributed by atoms with Crippen LogP contribution in [0.15, 0.2) is 27.2 Å². The van der Waals surface area contributed by atoms with Gasteiger partial charge in [0.05, 0.1) is 11.4 Å². The molecule has 0 atom stereocenters. The summed E-state index contributed by atoms with van der Waals surface area (Å²) in [4.78, 5) is 12.6. The summed E-state index contributed by atoms with van der Waals surface area (Å²) >= 11 is 1.49. The van der Waals surface area contributed by atoms with Crippen molar-refractivity contribution in [3.8, 4) is 0 Å². The van der Waals surface area contributed by atoms with E-state index in [9.17, 15) is 10.0 Å². The molecule has 2 aromatic rings. The molecule has 1 N–H and O–H groups in total. The van der Waals surface area contributed by atoms with E-state index in [1.165, 1.54) is 24.5 Å². The second kappa shape index (κ2) is 4.74. The smallest absolute Gasteiger partial charge is 0.322 e. The largest absolute Gasteiger partial charge is 0.359 e. The van der Waals surface area contributed by atoms with Gasteiger partial charge in [0.2, 0.25) is 5.69 Å². The summed E-state index contributed by atoms with van der Waals surface area (Å²) in [7, 11) is 0. The van der Waals surface area contributed by atoms with Gasteiger partial charge in [0.25, 0.3) is 0 Å². The molecule has 0 radical (unpaired) electrons. The molecule has 2 rings (SSSR count). The van der Waals surface area contributed by atoms with Crippen LogP contribution in [0.25, 0.3) is 0 Å². The lowest BCUT2D eigenvalue weighted by Crippen LogP contribution is -2.28. The Hall–Kier alpha value is -2.22. The Labute approximate surface area is 99.9 Å². The maximum absolute atomic E-state index is 11.5. The minimum atomic E-state index is -0.589. The van der Waals surface area contributed by atoms with Crippen LogP contribution < -0.4 is 10.3 Å². The molecule has 0 aliphatic rings. The number of nitrogens with one attached hydrogen (secondary N) is 1. The molecule has 0 saturated heterocycles. The minimum absolute atomic E-state index is 0.0803. The zero-order chi connectivity index (χ0) is 12.3. The molecule has 2 heterocycles. The Morgan fingerprint density at radius 3 is 3.18 bits per heavy atom. The molecule has 7 nitrogen and oxygen atoms in total. The van der Waals surface area contributed by atoms with Crippen molar-refractivity contribution in [2.45, 2.75) is 6.92 Å². The minimum Gasteiger partial charge on any atom is -0.359 e.